The number of nitrogens with zero attached hydrogens (tertiary/aromatic N) is 2. The molecule has 2 amide bonds. The van der Waals surface area contributed by atoms with Crippen LogP contribution in [-0.4, -0.2) is 41.2 Å². The molecule has 0 saturated carbocycles. The Bertz CT molecular complexity index is 890. The minimum absolute atomic E-state index is 0.0703. The highest BCUT2D eigenvalue weighted by atomic mass is 16.2. The molecule has 0 spiro atoms. The first kappa shape index (κ1) is 18.7. The van der Waals surface area contributed by atoms with Gasteiger partial charge in [-0.05, 0) is 30.5 Å². The van der Waals surface area contributed by atoms with E-state index in [9.17, 15) is 9.59 Å². The van der Waals surface area contributed by atoms with E-state index in [1.54, 1.807) is 6.92 Å². The Morgan fingerprint density at radius 3 is 2.36 bits per heavy atom. The quantitative estimate of drug-likeness (QED) is 0.822. The molecule has 0 bridgehead atoms. The predicted octanol–water partition coefficient (Wildman–Crippen LogP) is 3.52. The summed E-state index contributed by atoms with van der Waals surface area (Å²) >= 11 is 0. The van der Waals surface area contributed by atoms with Crippen molar-refractivity contribution in [2.45, 2.75) is 33.2 Å². The zero-order valence-electron chi connectivity index (χ0n) is 16.9. The average Bonchev–Trinajstić information content (AvgIpc) is 3.22. The van der Waals surface area contributed by atoms with E-state index in [-0.39, 0.29) is 17.9 Å². The van der Waals surface area contributed by atoms with Crippen molar-refractivity contribution < 1.29 is 9.59 Å². The van der Waals surface area contributed by atoms with Gasteiger partial charge in [-0.25, -0.2) is 0 Å². The molecular weight excluding hydrogens is 348 g/mol. The first-order valence-electron chi connectivity index (χ1n) is 10.1. The van der Waals surface area contributed by atoms with Crippen LogP contribution < -0.4 is 0 Å². The highest BCUT2D eigenvalue weighted by Gasteiger charge is 2.49. The molecule has 0 radical (unpaired) electrons. The molecule has 4 nitrogen and oxygen atoms in total. The van der Waals surface area contributed by atoms with Crippen LogP contribution in [0.3, 0.4) is 0 Å². The Labute approximate surface area is 167 Å². The molecule has 0 unspecified atom stereocenters. The van der Waals surface area contributed by atoms with Crippen LogP contribution in [0, 0.1) is 25.7 Å². The number of fused-ring (bicyclic) bond motifs is 1. The summed E-state index contributed by atoms with van der Waals surface area (Å²) in [5.74, 6) is 0.985. The summed E-state index contributed by atoms with van der Waals surface area (Å²) in [6.07, 6.45) is 0.450. The second-order valence-corrected chi connectivity index (χ2v) is 8.36. The molecule has 0 aromatic heterocycles. The highest BCUT2D eigenvalue weighted by Crippen LogP contribution is 2.45. The number of carbonyl (C=O) groups excluding carboxylic acids is 2. The normalized spacial score (nSPS) is 23.8. The van der Waals surface area contributed by atoms with Crippen LogP contribution >= 0.6 is 0 Å². The fraction of sp³-hybridized carbons (Fsp3) is 0.417. The molecule has 3 atom stereocenters. The number of rotatable bonds is 3. The molecule has 4 heteroatoms. The predicted molar refractivity (Wildman–Crippen MR) is 110 cm³/mol. The van der Waals surface area contributed by atoms with E-state index < -0.39 is 0 Å². The van der Waals surface area contributed by atoms with Gasteiger partial charge in [0.05, 0.1) is 12.5 Å². The van der Waals surface area contributed by atoms with Gasteiger partial charge in [-0.1, -0.05) is 54.1 Å². The van der Waals surface area contributed by atoms with Crippen LogP contribution in [0.25, 0.3) is 0 Å². The topological polar surface area (TPSA) is 40.6 Å². The zero-order valence-corrected chi connectivity index (χ0v) is 16.9. The van der Waals surface area contributed by atoms with Crippen LogP contribution in [0.5, 0.6) is 0 Å². The minimum atomic E-state index is 0.0703. The van der Waals surface area contributed by atoms with Crippen LogP contribution in [0.1, 0.15) is 35.2 Å². The maximum absolute atomic E-state index is 12.9. The van der Waals surface area contributed by atoms with Crippen LogP contribution in [0.15, 0.2) is 48.5 Å². The van der Waals surface area contributed by atoms with Crippen LogP contribution in [-0.2, 0) is 16.0 Å². The number of hydrogen-bond acceptors (Lipinski definition) is 2. The number of amides is 2. The molecule has 2 aromatic carbocycles. The molecule has 2 aliphatic heterocycles. The van der Waals surface area contributed by atoms with Gasteiger partial charge < -0.3 is 9.80 Å². The minimum Gasteiger partial charge on any atom is -0.342 e. The van der Waals surface area contributed by atoms with Crippen molar-refractivity contribution in [1.29, 1.82) is 0 Å². The molecule has 2 saturated heterocycles. The number of likely N-dealkylation sites (tertiary alicyclic amines) is 2. The summed E-state index contributed by atoms with van der Waals surface area (Å²) in [5, 5.41) is 0. The lowest BCUT2D eigenvalue weighted by molar-refractivity contribution is -0.131. The van der Waals surface area contributed by atoms with Gasteiger partial charge in [-0.2, -0.15) is 0 Å². The third kappa shape index (κ3) is 3.44. The maximum Gasteiger partial charge on any atom is 0.227 e. The Balaban J connectivity index is 1.53. The Kier molecular flexibility index (Phi) is 4.96. The van der Waals surface area contributed by atoms with E-state index in [0.29, 0.717) is 18.3 Å². The SMILES string of the molecule is CC(=O)N1C[C@H]2CN(C(=O)Cc3ccc(C)cc3)C[C@H]2[C@@H]1c1ccccc1C. The van der Waals surface area contributed by atoms with Gasteiger partial charge in [0.15, 0.2) is 0 Å². The molecule has 0 aliphatic carbocycles. The summed E-state index contributed by atoms with van der Waals surface area (Å²) in [5.41, 5.74) is 4.70. The molecule has 146 valence electrons. The number of benzene rings is 2. The van der Waals surface area contributed by atoms with Crippen LogP contribution in [0.4, 0.5) is 0 Å². The molecule has 2 fully saturated rings. The summed E-state index contributed by atoms with van der Waals surface area (Å²) in [4.78, 5) is 29.2. The molecule has 2 aliphatic rings. The van der Waals surface area contributed by atoms with Crippen LogP contribution in [0.2, 0.25) is 0 Å². The molecule has 4 rings (SSSR count). The van der Waals surface area contributed by atoms with Gasteiger partial charge in [-0.15, -0.1) is 0 Å². The van der Waals surface area contributed by atoms with Gasteiger partial charge in [-0.3, -0.25) is 9.59 Å². The molecule has 2 heterocycles. The summed E-state index contributed by atoms with van der Waals surface area (Å²) in [6.45, 7) is 8.05. The third-order valence-electron chi connectivity index (χ3n) is 6.40. The largest absolute Gasteiger partial charge is 0.342 e. The van der Waals surface area contributed by atoms with Crippen molar-refractivity contribution in [3.8, 4) is 0 Å². The monoisotopic (exact) mass is 376 g/mol. The average molecular weight is 377 g/mol. The standard InChI is InChI=1S/C24H28N2O2/c1-16-8-10-19(11-9-16)12-23(28)25-13-20-14-26(18(3)27)24(22(20)15-25)21-7-5-4-6-17(21)2/h4-11,20,22,24H,12-15H2,1-3H3/t20-,22-,24+/m1/s1. The van der Waals surface area contributed by atoms with Gasteiger partial charge in [0.1, 0.15) is 0 Å². The first-order valence-corrected chi connectivity index (χ1v) is 10.1. The van der Waals surface area contributed by atoms with Crippen molar-refractivity contribution >= 4 is 11.8 Å². The summed E-state index contributed by atoms with van der Waals surface area (Å²) < 4.78 is 0. The zero-order chi connectivity index (χ0) is 19.8. The van der Waals surface area contributed by atoms with E-state index in [1.807, 2.05) is 34.1 Å². The van der Waals surface area contributed by atoms with Gasteiger partial charge in [0.25, 0.3) is 0 Å². The first-order chi connectivity index (χ1) is 13.4. The molecular formula is C24H28N2O2. The van der Waals surface area contributed by atoms with Crippen molar-refractivity contribution in [3.05, 3.63) is 70.8 Å². The van der Waals surface area contributed by atoms with E-state index in [1.165, 1.54) is 16.7 Å². The van der Waals surface area contributed by atoms with Gasteiger partial charge in [0.2, 0.25) is 11.8 Å². The Hall–Kier alpha value is -2.62. The fourth-order valence-electron chi connectivity index (χ4n) is 4.88. The molecule has 0 N–H and O–H groups in total. The van der Waals surface area contributed by atoms with Crippen molar-refractivity contribution in [2.75, 3.05) is 19.6 Å². The van der Waals surface area contributed by atoms with Gasteiger partial charge in [0, 0.05) is 38.4 Å². The van der Waals surface area contributed by atoms with E-state index >= 15 is 0 Å². The lowest BCUT2D eigenvalue weighted by Crippen LogP contribution is -2.37. The molecule has 28 heavy (non-hydrogen) atoms. The smallest absolute Gasteiger partial charge is 0.227 e. The highest BCUT2D eigenvalue weighted by molar-refractivity contribution is 5.79. The lowest BCUT2D eigenvalue weighted by atomic mass is 9.87. The van der Waals surface area contributed by atoms with E-state index in [2.05, 4.69) is 38.1 Å². The van der Waals surface area contributed by atoms with Crippen molar-refractivity contribution in [3.63, 3.8) is 0 Å². The third-order valence-corrected chi connectivity index (χ3v) is 6.40. The summed E-state index contributed by atoms with van der Waals surface area (Å²) in [7, 11) is 0. The van der Waals surface area contributed by atoms with E-state index in [0.717, 1.165) is 25.2 Å². The molecule has 2 aromatic rings. The Morgan fingerprint density at radius 2 is 1.68 bits per heavy atom. The second kappa shape index (κ2) is 7.42. The second-order valence-electron chi connectivity index (χ2n) is 8.36. The number of hydrogen-bond donors (Lipinski definition) is 0. The number of aryl methyl sites for hydroxylation is 2. The fourth-order valence-corrected chi connectivity index (χ4v) is 4.88. The van der Waals surface area contributed by atoms with Crippen molar-refractivity contribution in [1.82, 2.24) is 9.80 Å². The maximum atomic E-state index is 12.9. The Morgan fingerprint density at radius 1 is 0.964 bits per heavy atom. The lowest BCUT2D eigenvalue weighted by Gasteiger charge is -2.30. The summed E-state index contributed by atoms with van der Waals surface area (Å²) in [6, 6.07) is 16.6. The van der Waals surface area contributed by atoms with Gasteiger partial charge >= 0.3 is 0 Å². The number of carbonyl (C=O) groups is 2. The van der Waals surface area contributed by atoms with Crippen molar-refractivity contribution in [2.24, 2.45) is 11.8 Å². The van der Waals surface area contributed by atoms with E-state index in [4.69, 9.17) is 0 Å².